The van der Waals surface area contributed by atoms with Gasteiger partial charge < -0.3 is 15.0 Å². The molecule has 0 saturated heterocycles. The zero-order valence-electron chi connectivity index (χ0n) is 11.2. The molecule has 0 bridgehead atoms. The molecule has 5 nitrogen and oxygen atoms in total. The van der Waals surface area contributed by atoms with Gasteiger partial charge in [0.2, 0.25) is 5.82 Å². The van der Waals surface area contributed by atoms with Crippen molar-refractivity contribution in [2.45, 2.75) is 0 Å². The Labute approximate surface area is 120 Å². The predicted molar refractivity (Wildman–Crippen MR) is 76.1 cm³/mol. The Morgan fingerprint density at radius 1 is 1.14 bits per heavy atom. The molecule has 0 saturated carbocycles. The average Bonchev–Trinajstić information content (AvgIpc) is 2.97. The molecule has 0 unspecified atom stereocenters. The number of hydrogen-bond donors (Lipinski definition) is 1. The van der Waals surface area contributed by atoms with Crippen LogP contribution >= 0.6 is 0 Å². The number of anilines is 1. The van der Waals surface area contributed by atoms with Crippen molar-refractivity contribution in [1.29, 1.82) is 0 Å². The minimum atomic E-state index is -0.410. The summed E-state index contributed by atoms with van der Waals surface area (Å²) in [6.07, 6.45) is 0. The van der Waals surface area contributed by atoms with E-state index in [0.717, 1.165) is 0 Å². The van der Waals surface area contributed by atoms with Crippen molar-refractivity contribution in [3.63, 3.8) is 0 Å². The lowest BCUT2D eigenvalue weighted by atomic mass is 10.1. The fourth-order valence-electron chi connectivity index (χ4n) is 1.95. The third-order valence-electron chi connectivity index (χ3n) is 3.03. The van der Waals surface area contributed by atoms with Crippen LogP contribution < -0.4 is 10.5 Å². The number of aromatic nitrogens is 2. The van der Waals surface area contributed by atoms with Crippen LogP contribution in [0.2, 0.25) is 0 Å². The van der Waals surface area contributed by atoms with E-state index >= 15 is 0 Å². The second-order valence-electron chi connectivity index (χ2n) is 4.36. The Balaban J connectivity index is 2.01. The topological polar surface area (TPSA) is 74.2 Å². The highest BCUT2D eigenvalue weighted by atomic mass is 19.1. The molecule has 1 heterocycles. The lowest BCUT2D eigenvalue weighted by Gasteiger charge is -2.03. The molecule has 0 aliphatic carbocycles. The molecular weight excluding hydrogens is 273 g/mol. The van der Waals surface area contributed by atoms with E-state index in [1.54, 1.807) is 43.5 Å². The number of halogens is 1. The first kappa shape index (κ1) is 13.1. The summed E-state index contributed by atoms with van der Waals surface area (Å²) in [7, 11) is 1.55. The number of nitrogens with zero attached hydrogens (tertiary/aromatic N) is 2. The maximum atomic E-state index is 13.7. The van der Waals surface area contributed by atoms with E-state index in [-0.39, 0.29) is 17.3 Å². The molecule has 106 valence electrons. The molecule has 0 radical (unpaired) electrons. The maximum Gasteiger partial charge on any atom is 0.260 e. The zero-order valence-corrected chi connectivity index (χ0v) is 11.2. The normalized spacial score (nSPS) is 10.6. The average molecular weight is 285 g/mol. The summed E-state index contributed by atoms with van der Waals surface area (Å²) in [6, 6.07) is 11.3. The Hall–Kier alpha value is -2.89. The minimum Gasteiger partial charge on any atom is -0.497 e. The Kier molecular flexibility index (Phi) is 3.27. The van der Waals surface area contributed by atoms with E-state index in [4.69, 9.17) is 15.0 Å². The van der Waals surface area contributed by atoms with Crippen LogP contribution in [-0.4, -0.2) is 17.3 Å². The van der Waals surface area contributed by atoms with E-state index in [2.05, 4.69) is 10.1 Å². The molecule has 0 aliphatic rings. The SMILES string of the molecule is COc1ccc(-c2nc(-c3ccccc3F)no2)c(N)c1. The summed E-state index contributed by atoms with van der Waals surface area (Å²) in [6.45, 7) is 0. The van der Waals surface area contributed by atoms with Gasteiger partial charge in [-0.25, -0.2) is 4.39 Å². The van der Waals surface area contributed by atoms with Gasteiger partial charge >= 0.3 is 0 Å². The molecule has 3 rings (SSSR count). The van der Waals surface area contributed by atoms with Gasteiger partial charge in [-0.2, -0.15) is 4.98 Å². The van der Waals surface area contributed by atoms with Crippen molar-refractivity contribution < 1.29 is 13.7 Å². The fraction of sp³-hybridized carbons (Fsp3) is 0.0667. The standard InChI is InChI=1S/C15H12FN3O2/c1-20-9-6-7-11(13(17)8-9)15-18-14(19-21-15)10-4-2-3-5-12(10)16/h2-8H,17H2,1H3. The monoisotopic (exact) mass is 285 g/mol. The van der Waals surface area contributed by atoms with Gasteiger partial charge in [0.1, 0.15) is 11.6 Å². The first-order valence-corrected chi connectivity index (χ1v) is 6.21. The maximum absolute atomic E-state index is 13.7. The van der Waals surface area contributed by atoms with E-state index < -0.39 is 5.82 Å². The highest BCUT2D eigenvalue weighted by Gasteiger charge is 2.15. The van der Waals surface area contributed by atoms with Crippen molar-refractivity contribution in [1.82, 2.24) is 10.1 Å². The molecule has 1 aromatic heterocycles. The molecule has 0 fully saturated rings. The number of methoxy groups -OCH3 is 1. The highest BCUT2D eigenvalue weighted by molar-refractivity contribution is 5.73. The van der Waals surface area contributed by atoms with E-state index in [1.807, 2.05) is 0 Å². The number of nitrogen functional groups attached to an aromatic ring is 1. The minimum absolute atomic E-state index is 0.179. The molecule has 2 N–H and O–H groups in total. The quantitative estimate of drug-likeness (QED) is 0.748. The van der Waals surface area contributed by atoms with Crippen LogP contribution in [0.1, 0.15) is 0 Å². The lowest BCUT2D eigenvalue weighted by Crippen LogP contribution is -1.92. The van der Waals surface area contributed by atoms with Crippen LogP contribution in [0.5, 0.6) is 5.75 Å². The lowest BCUT2D eigenvalue weighted by molar-refractivity contribution is 0.414. The Bertz CT molecular complexity index is 786. The summed E-state index contributed by atoms with van der Waals surface area (Å²) in [5.41, 5.74) is 7.22. The first-order valence-electron chi connectivity index (χ1n) is 6.21. The van der Waals surface area contributed by atoms with Crippen LogP contribution in [0.3, 0.4) is 0 Å². The first-order chi connectivity index (χ1) is 10.2. The van der Waals surface area contributed by atoms with Gasteiger partial charge in [-0.3, -0.25) is 0 Å². The summed E-state index contributed by atoms with van der Waals surface area (Å²) in [5, 5.41) is 3.79. The molecule has 2 aromatic carbocycles. The second kappa shape index (κ2) is 5.24. The molecule has 21 heavy (non-hydrogen) atoms. The number of nitrogens with two attached hydrogens (primary N) is 1. The third-order valence-corrected chi connectivity index (χ3v) is 3.03. The van der Waals surface area contributed by atoms with Crippen LogP contribution in [0.15, 0.2) is 47.0 Å². The molecule has 3 aromatic rings. The molecule has 0 atom stereocenters. The predicted octanol–water partition coefficient (Wildman–Crippen LogP) is 3.13. The molecule has 0 aliphatic heterocycles. The van der Waals surface area contributed by atoms with Gasteiger partial charge in [0.15, 0.2) is 0 Å². The van der Waals surface area contributed by atoms with Gasteiger partial charge in [-0.1, -0.05) is 17.3 Å². The number of ether oxygens (including phenoxy) is 1. The van der Waals surface area contributed by atoms with Crippen molar-refractivity contribution in [2.75, 3.05) is 12.8 Å². The van der Waals surface area contributed by atoms with Crippen molar-refractivity contribution in [3.8, 4) is 28.6 Å². The van der Waals surface area contributed by atoms with E-state index in [1.165, 1.54) is 6.07 Å². The molecule has 0 spiro atoms. The summed E-state index contributed by atoms with van der Waals surface area (Å²) >= 11 is 0. The van der Waals surface area contributed by atoms with Gasteiger partial charge in [-0.05, 0) is 24.3 Å². The Morgan fingerprint density at radius 3 is 2.67 bits per heavy atom. The van der Waals surface area contributed by atoms with Crippen molar-refractivity contribution in [2.24, 2.45) is 0 Å². The van der Waals surface area contributed by atoms with Crippen molar-refractivity contribution >= 4 is 5.69 Å². The smallest absolute Gasteiger partial charge is 0.260 e. The largest absolute Gasteiger partial charge is 0.497 e. The molecule has 0 amide bonds. The van der Waals surface area contributed by atoms with E-state index in [9.17, 15) is 4.39 Å². The summed E-state index contributed by atoms with van der Waals surface area (Å²) < 4.78 is 23.9. The van der Waals surface area contributed by atoms with E-state index in [0.29, 0.717) is 17.0 Å². The zero-order chi connectivity index (χ0) is 14.8. The van der Waals surface area contributed by atoms with Crippen LogP contribution in [-0.2, 0) is 0 Å². The van der Waals surface area contributed by atoms with Crippen LogP contribution in [0.4, 0.5) is 10.1 Å². The molecule has 6 heteroatoms. The summed E-state index contributed by atoms with van der Waals surface area (Å²) in [5.74, 6) is 0.629. The summed E-state index contributed by atoms with van der Waals surface area (Å²) in [4.78, 5) is 4.19. The molecular formula is C15H12FN3O2. The van der Waals surface area contributed by atoms with Gasteiger partial charge in [0.05, 0.1) is 18.2 Å². The number of benzene rings is 2. The van der Waals surface area contributed by atoms with Gasteiger partial charge in [0.25, 0.3) is 5.89 Å². The Morgan fingerprint density at radius 2 is 1.95 bits per heavy atom. The van der Waals surface area contributed by atoms with Gasteiger partial charge in [-0.15, -0.1) is 0 Å². The fourth-order valence-corrected chi connectivity index (χ4v) is 1.95. The number of hydrogen-bond acceptors (Lipinski definition) is 5. The number of rotatable bonds is 3. The van der Waals surface area contributed by atoms with Crippen LogP contribution in [0, 0.1) is 5.82 Å². The van der Waals surface area contributed by atoms with Crippen LogP contribution in [0.25, 0.3) is 22.8 Å². The van der Waals surface area contributed by atoms with Gasteiger partial charge in [0, 0.05) is 11.8 Å². The third kappa shape index (κ3) is 2.43. The van der Waals surface area contributed by atoms with Crippen molar-refractivity contribution in [3.05, 3.63) is 48.3 Å². The second-order valence-corrected chi connectivity index (χ2v) is 4.36. The highest BCUT2D eigenvalue weighted by Crippen LogP contribution is 2.30.